The largest absolute Gasteiger partial charge is 0.493 e. The van der Waals surface area contributed by atoms with Crippen molar-refractivity contribution in [3.05, 3.63) is 89.0 Å². The van der Waals surface area contributed by atoms with Gasteiger partial charge in [0.25, 0.3) is 5.91 Å². The number of amides is 1. The summed E-state index contributed by atoms with van der Waals surface area (Å²) in [6, 6.07) is 21.0. The molecule has 28 heavy (non-hydrogen) atoms. The van der Waals surface area contributed by atoms with Crippen LogP contribution in [0.3, 0.4) is 0 Å². The molecular weight excluding hydrogens is 350 g/mol. The number of aryl methyl sites for hydroxylation is 2. The molecule has 0 aliphatic heterocycles. The highest BCUT2D eigenvalue weighted by Gasteiger charge is 2.13. The Kier molecular flexibility index (Phi) is 6.33. The lowest BCUT2D eigenvalue weighted by atomic mass is 10.1. The van der Waals surface area contributed by atoms with Crippen LogP contribution in [0, 0.1) is 13.8 Å². The molecule has 0 aromatic heterocycles. The fraction of sp³-hybridized carbons (Fsp3) is 0.208. The predicted octanol–water partition coefficient (Wildman–Crippen LogP) is 5.53. The average molecular weight is 375 g/mol. The second-order valence-electron chi connectivity index (χ2n) is 6.63. The molecule has 0 bridgehead atoms. The van der Waals surface area contributed by atoms with E-state index < -0.39 is 0 Å². The maximum Gasteiger partial charge on any atom is 0.255 e. The molecule has 4 heteroatoms. The quantitative estimate of drug-likeness (QED) is 0.590. The van der Waals surface area contributed by atoms with Gasteiger partial charge < -0.3 is 14.8 Å². The summed E-state index contributed by atoms with van der Waals surface area (Å²) in [4.78, 5) is 12.8. The second kappa shape index (κ2) is 9.09. The standard InChI is InChI=1S/C24H25NO3/c1-4-27-23-13-12-19(15-20(23)16-28-21-8-6-5-7-9-21)24(26)25-22-14-17(2)10-11-18(22)3/h5-15H,4,16H2,1-3H3,(H,25,26). The van der Waals surface area contributed by atoms with E-state index >= 15 is 0 Å². The van der Waals surface area contributed by atoms with Crippen LogP contribution in [-0.2, 0) is 6.61 Å². The van der Waals surface area contributed by atoms with Gasteiger partial charge in [0, 0.05) is 16.8 Å². The molecule has 0 heterocycles. The van der Waals surface area contributed by atoms with E-state index in [1.807, 2.05) is 81.4 Å². The summed E-state index contributed by atoms with van der Waals surface area (Å²) >= 11 is 0. The molecule has 3 rings (SSSR count). The third-order valence-corrected chi connectivity index (χ3v) is 4.40. The topological polar surface area (TPSA) is 47.6 Å². The zero-order valence-corrected chi connectivity index (χ0v) is 16.5. The highest BCUT2D eigenvalue weighted by atomic mass is 16.5. The third-order valence-electron chi connectivity index (χ3n) is 4.40. The van der Waals surface area contributed by atoms with Gasteiger partial charge in [0.2, 0.25) is 0 Å². The Morgan fingerprint density at radius 2 is 1.71 bits per heavy atom. The van der Waals surface area contributed by atoms with E-state index in [-0.39, 0.29) is 5.91 Å². The number of nitrogens with one attached hydrogen (secondary N) is 1. The zero-order chi connectivity index (χ0) is 19.9. The van der Waals surface area contributed by atoms with Crippen molar-refractivity contribution in [2.24, 2.45) is 0 Å². The highest BCUT2D eigenvalue weighted by Crippen LogP contribution is 2.24. The lowest BCUT2D eigenvalue weighted by Gasteiger charge is -2.14. The molecule has 4 nitrogen and oxygen atoms in total. The maximum absolute atomic E-state index is 12.8. The molecule has 144 valence electrons. The summed E-state index contributed by atoms with van der Waals surface area (Å²) < 4.78 is 11.6. The molecule has 0 unspecified atom stereocenters. The van der Waals surface area contributed by atoms with Crippen LogP contribution in [0.25, 0.3) is 0 Å². The van der Waals surface area contributed by atoms with Crippen molar-refractivity contribution in [2.45, 2.75) is 27.4 Å². The molecule has 1 N–H and O–H groups in total. The molecule has 0 atom stereocenters. The van der Waals surface area contributed by atoms with Crippen LogP contribution in [0.2, 0.25) is 0 Å². The van der Waals surface area contributed by atoms with Crippen molar-refractivity contribution >= 4 is 11.6 Å². The van der Waals surface area contributed by atoms with Gasteiger partial charge in [0.05, 0.1) is 6.61 Å². The number of para-hydroxylation sites is 1. The van der Waals surface area contributed by atoms with Crippen molar-refractivity contribution in [3.8, 4) is 11.5 Å². The summed E-state index contributed by atoms with van der Waals surface area (Å²) in [6.07, 6.45) is 0. The monoisotopic (exact) mass is 375 g/mol. The van der Waals surface area contributed by atoms with Gasteiger partial charge in [-0.25, -0.2) is 0 Å². The van der Waals surface area contributed by atoms with Crippen LogP contribution in [0.15, 0.2) is 66.7 Å². The van der Waals surface area contributed by atoms with Gasteiger partial charge in [-0.2, -0.15) is 0 Å². The molecular formula is C24H25NO3. The minimum absolute atomic E-state index is 0.155. The van der Waals surface area contributed by atoms with Gasteiger partial charge in [-0.1, -0.05) is 30.3 Å². The Labute approximate surface area is 166 Å². The summed E-state index contributed by atoms with van der Waals surface area (Å²) in [5.74, 6) is 1.34. The van der Waals surface area contributed by atoms with Crippen LogP contribution in [-0.4, -0.2) is 12.5 Å². The second-order valence-corrected chi connectivity index (χ2v) is 6.63. The van der Waals surface area contributed by atoms with Gasteiger partial charge in [-0.3, -0.25) is 4.79 Å². The molecule has 1 amide bonds. The Hall–Kier alpha value is -3.27. The minimum atomic E-state index is -0.155. The lowest BCUT2D eigenvalue weighted by Crippen LogP contribution is -2.14. The van der Waals surface area contributed by atoms with Gasteiger partial charge >= 0.3 is 0 Å². The molecule has 0 saturated heterocycles. The van der Waals surface area contributed by atoms with E-state index in [0.29, 0.717) is 18.8 Å². The number of carbonyl (C=O) groups excluding carboxylic acids is 1. The average Bonchev–Trinajstić information content (AvgIpc) is 2.71. The Morgan fingerprint density at radius 3 is 2.46 bits per heavy atom. The first kappa shape index (κ1) is 19.5. The lowest BCUT2D eigenvalue weighted by molar-refractivity contribution is 0.102. The van der Waals surface area contributed by atoms with Crippen LogP contribution in [0.5, 0.6) is 11.5 Å². The van der Waals surface area contributed by atoms with E-state index in [0.717, 1.165) is 33.9 Å². The third kappa shape index (κ3) is 4.92. The van der Waals surface area contributed by atoms with Crippen molar-refractivity contribution in [2.75, 3.05) is 11.9 Å². The number of benzene rings is 3. The SMILES string of the molecule is CCOc1ccc(C(=O)Nc2cc(C)ccc2C)cc1COc1ccccc1. The van der Waals surface area contributed by atoms with Crippen LogP contribution >= 0.6 is 0 Å². The number of hydrogen-bond donors (Lipinski definition) is 1. The minimum Gasteiger partial charge on any atom is -0.493 e. The highest BCUT2D eigenvalue weighted by molar-refractivity contribution is 6.04. The van der Waals surface area contributed by atoms with Gasteiger partial charge in [-0.05, 0) is 68.3 Å². The number of anilines is 1. The molecule has 0 saturated carbocycles. The van der Waals surface area contributed by atoms with Gasteiger partial charge in [-0.15, -0.1) is 0 Å². The molecule has 3 aromatic carbocycles. The van der Waals surface area contributed by atoms with E-state index in [1.54, 1.807) is 6.07 Å². The van der Waals surface area contributed by atoms with Crippen LogP contribution < -0.4 is 14.8 Å². The predicted molar refractivity (Wildman–Crippen MR) is 112 cm³/mol. The smallest absolute Gasteiger partial charge is 0.255 e. The molecule has 0 radical (unpaired) electrons. The van der Waals surface area contributed by atoms with Crippen molar-refractivity contribution in [1.29, 1.82) is 0 Å². The first-order valence-corrected chi connectivity index (χ1v) is 9.39. The van der Waals surface area contributed by atoms with Crippen LogP contribution in [0.4, 0.5) is 5.69 Å². The summed E-state index contributed by atoms with van der Waals surface area (Å²) in [7, 11) is 0. The maximum atomic E-state index is 12.8. The fourth-order valence-electron chi connectivity index (χ4n) is 2.87. The van der Waals surface area contributed by atoms with Crippen molar-refractivity contribution in [3.63, 3.8) is 0 Å². The fourth-order valence-corrected chi connectivity index (χ4v) is 2.87. The van der Waals surface area contributed by atoms with Crippen molar-refractivity contribution in [1.82, 2.24) is 0 Å². The first-order valence-electron chi connectivity index (χ1n) is 9.39. The summed E-state index contributed by atoms with van der Waals surface area (Å²) in [5, 5.41) is 3.00. The van der Waals surface area contributed by atoms with Crippen LogP contribution in [0.1, 0.15) is 34.0 Å². The van der Waals surface area contributed by atoms with E-state index in [1.165, 1.54) is 0 Å². The normalized spacial score (nSPS) is 10.4. The number of hydrogen-bond acceptors (Lipinski definition) is 3. The van der Waals surface area contributed by atoms with Crippen molar-refractivity contribution < 1.29 is 14.3 Å². The van der Waals surface area contributed by atoms with Gasteiger partial charge in [0.1, 0.15) is 18.1 Å². The number of rotatable bonds is 7. The first-order chi connectivity index (χ1) is 13.6. The molecule has 0 aliphatic rings. The molecule has 0 fully saturated rings. The van der Waals surface area contributed by atoms with E-state index in [4.69, 9.17) is 9.47 Å². The Morgan fingerprint density at radius 1 is 0.929 bits per heavy atom. The Balaban J connectivity index is 1.80. The molecule has 3 aromatic rings. The summed E-state index contributed by atoms with van der Waals surface area (Å²) in [6.45, 7) is 6.79. The number of carbonyl (C=O) groups is 1. The molecule has 0 spiro atoms. The van der Waals surface area contributed by atoms with E-state index in [2.05, 4.69) is 5.32 Å². The zero-order valence-electron chi connectivity index (χ0n) is 16.5. The number of ether oxygens (including phenoxy) is 2. The Bertz CT molecular complexity index is 951. The van der Waals surface area contributed by atoms with Gasteiger partial charge in [0.15, 0.2) is 0 Å². The van der Waals surface area contributed by atoms with E-state index in [9.17, 15) is 4.79 Å². The summed E-state index contributed by atoms with van der Waals surface area (Å²) in [5.41, 5.74) is 4.35. The molecule has 0 aliphatic carbocycles.